The van der Waals surface area contributed by atoms with Gasteiger partial charge < -0.3 is 4.52 Å². The minimum absolute atomic E-state index is 0.0681. The maximum atomic E-state index is 11.8. The molecule has 3 rings (SSSR count). The molecule has 106 valence electrons. The first-order valence-corrected chi connectivity index (χ1v) is 7.84. The molecule has 0 saturated heterocycles. The van der Waals surface area contributed by atoms with Crippen LogP contribution in [0.5, 0.6) is 0 Å². The van der Waals surface area contributed by atoms with E-state index in [-0.39, 0.29) is 5.92 Å². The number of hydrogen-bond donors (Lipinski definition) is 0. The van der Waals surface area contributed by atoms with Gasteiger partial charge in [0.05, 0.1) is 17.1 Å². The van der Waals surface area contributed by atoms with Crippen LogP contribution < -0.4 is 0 Å². The van der Waals surface area contributed by atoms with Gasteiger partial charge in [-0.1, -0.05) is 11.6 Å². The molecule has 2 aromatic heterocycles. The Morgan fingerprint density at radius 1 is 1.40 bits per heavy atom. The molecular weight excluding hydrogens is 274 g/mol. The number of hydrogen-bond acceptors (Lipinski definition) is 6. The van der Waals surface area contributed by atoms with Gasteiger partial charge >= 0.3 is 0 Å². The second-order valence-corrected chi connectivity index (χ2v) is 6.31. The molecule has 2 aromatic rings. The van der Waals surface area contributed by atoms with Crippen molar-refractivity contribution in [3.63, 3.8) is 0 Å². The molecule has 20 heavy (non-hydrogen) atoms. The summed E-state index contributed by atoms with van der Waals surface area (Å²) < 4.78 is 5.26. The second-order valence-electron chi connectivity index (χ2n) is 5.25. The van der Waals surface area contributed by atoms with Gasteiger partial charge in [-0.05, 0) is 19.8 Å². The molecule has 1 fully saturated rings. The maximum Gasteiger partial charge on any atom is 0.227 e. The van der Waals surface area contributed by atoms with Crippen molar-refractivity contribution < 1.29 is 9.32 Å². The topological polar surface area (TPSA) is 68.9 Å². The molecule has 5 nitrogen and oxygen atoms in total. The molecule has 0 N–H and O–H groups in total. The number of aryl methyl sites for hydroxylation is 1. The van der Waals surface area contributed by atoms with E-state index in [0.29, 0.717) is 36.8 Å². The van der Waals surface area contributed by atoms with Gasteiger partial charge in [-0.15, -0.1) is 11.3 Å². The lowest BCUT2D eigenvalue weighted by atomic mass is 9.86. The van der Waals surface area contributed by atoms with Gasteiger partial charge in [-0.25, -0.2) is 4.98 Å². The Balaban J connectivity index is 1.63. The van der Waals surface area contributed by atoms with Crippen molar-refractivity contribution >= 4 is 17.1 Å². The fraction of sp³-hybridized carbons (Fsp3) is 0.571. The van der Waals surface area contributed by atoms with Gasteiger partial charge in [0.1, 0.15) is 5.78 Å². The molecule has 1 aliphatic rings. The normalized spacial score (nSPS) is 19.4. The van der Waals surface area contributed by atoms with Crippen molar-refractivity contribution in [1.82, 2.24) is 15.1 Å². The molecule has 2 heterocycles. The highest BCUT2D eigenvalue weighted by atomic mass is 32.1. The number of Topliss-reactive ketones (excluding diaryl/α,β-unsaturated/α-hetero) is 1. The van der Waals surface area contributed by atoms with E-state index in [0.717, 1.165) is 30.0 Å². The first-order valence-electron chi connectivity index (χ1n) is 6.96. The Labute approximate surface area is 121 Å². The maximum absolute atomic E-state index is 11.8. The number of thiazole rings is 1. The fourth-order valence-electron chi connectivity index (χ4n) is 2.58. The Kier molecular flexibility index (Phi) is 3.91. The first kappa shape index (κ1) is 13.4. The summed E-state index contributed by atoms with van der Waals surface area (Å²) in [5.41, 5.74) is 0.966. The molecule has 0 radical (unpaired) electrons. The monoisotopic (exact) mass is 291 g/mol. The van der Waals surface area contributed by atoms with Crippen molar-refractivity contribution in [1.29, 1.82) is 0 Å². The summed E-state index contributed by atoms with van der Waals surface area (Å²) in [6.45, 7) is 1.98. The third kappa shape index (κ3) is 3.12. The molecular formula is C14H17N3O2S. The summed E-state index contributed by atoms with van der Waals surface area (Å²) >= 11 is 1.62. The molecule has 0 aliphatic heterocycles. The Morgan fingerprint density at radius 3 is 3.05 bits per heavy atom. The summed E-state index contributed by atoms with van der Waals surface area (Å²) in [4.78, 5) is 20.6. The fourth-order valence-corrected chi connectivity index (χ4v) is 3.19. The number of carbonyl (C=O) groups is 1. The Bertz CT molecular complexity index is 605. The van der Waals surface area contributed by atoms with E-state index in [4.69, 9.17) is 4.52 Å². The SMILES string of the molecule is Cc1nc(Cc2noc(CC3CCCCC3=O)n2)cs1. The molecule has 0 bridgehead atoms. The summed E-state index contributed by atoms with van der Waals surface area (Å²) in [7, 11) is 0. The van der Waals surface area contributed by atoms with Gasteiger partial charge in [0.15, 0.2) is 5.82 Å². The quantitative estimate of drug-likeness (QED) is 0.866. The van der Waals surface area contributed by atoms with E-state index in [9.17, 15) is 4.79 Å². The molecule has 6 heteroatoms. The van der Waals surface area contributed by atoms with Crippen LogP contribution in [-0.2, 0) is 17.6 Å². The number of rotatable bonds is 4. The zero-order valence-electron chi connectivity index (χ0n) is 11.5. The van der Waals surface area contributed by atoms with E-state index in [2.05, 4.69) is 15.1 Å². The zero-order valence-corrected chi connectivity index (χ0v) is 12.3. The molecule has 0 amide bonds. The highest BCUT2D eigenvalue weighted by Crippen LogP contribution is 2.23. The number of carbonyl (C=O) groups excluding carboxylic acids is 1. The van der Waals surface area contributed by atoms with Gasteiger partial charge in [-0.2, -0.15) is 4.98 Å². The van der Waals surface area contributed by atoms with E-state index < -0.39 is 0 Å². The van der Waals surface area contributed by atoms with Crippen LogP contribution in [0, 0.1) is 12.8 Å². The third-order valence-electron chi connectivity index (χ3n) is 3.62. The lowest BCUT2D eigenvalue weighted by Gasteiger charge is -2.18. The van der Waals surface area contributed by atoms with Gasteiger partial charge in [-0.3, -0.25) is 4.79 Å². The summed E-state index contributed by atoms with van der Waals surface area (Å²) in [6, 6.07) is 0. The Hall–Kier alpha value is -1.56. The van der Waals surface area contributed by atoms with Gasteiger partial charge in [0.25, 0.3) is 0 Å². The van der Waals surface area contributed by atoms with Crippen molar-refractivity contribution in [3.05, 3.63) is 27.8 Å². The van der Waals surface area contributed by atoms with E-state index >= 15 is 0 Å². The number of nitrogens with zero attached hydrogens (tertiary/aromatic N) is 3. The highest BCUT2D eigenvalue weighted by Gasteiger charge is 2.24. The van der Waals surface area contributed by atoms with E-state index in [1.165, 1.54) is 0 Å². The van der Waals surface area contributed by atoms with Crippen LogP contribution in [0.2, 0.25) is 0 Å². The number of aromatic nitrogens is 3. The predicted molar refractivity (Wildman–Crippen MR) is 74.6 cm³/mol. The van der Waals surface area contributed by atoms with Crippen molar-refractivity contribution in [2.45, 2.75) is 45.4 Å². The lowest BCUT2D eigenvalue weighted by Crippen LogP contribution is -2.21. The van der Waals surface area contributed by atoms with Crippen molar-refractivity contribution in [2.75, 3.05) is 0 Å². The van der Waals surface area contributed by atoms with Crippen molar-refractivity contribution in [2.24, 2.45) is 5.92 Å². The molecule has 1 unspecified atom stereocenters. The summed E-state index contributed by atoms with van der Waals surface area (Å²) in [6.07, 6.45) is 4.96. The molecule has 1 aliphatic carbocycles. The second kappa shape index (κ2) is 5.83. The Morgan fingerprint density at radius 2 is 2.30 bits per heavy atom. The van der Waals surface area contributed by atoms with Crippen LogP contribution in [0.25, 0.3) is 0 Å². The first-order chi connectivity index (χ1) is 9.70. The van der Waals surface area contributed by atoms with Gasteiger partial charge in [0, 0.05) is 24.1 Å². The van der Waals surface area contributed by atoms with Crippen LogP contribution in [0.15, 0.2) is 9.90 Å². The van der Waals surface area contributed by atoms with Crippen LogP contribution in [0.3, 0.4) is 0 Å². The molecule has 0 aromatic carbocycles. The van der Waals surface area contributed by atoms with E-state index in [1.807, 2.05) is 12.3 Å². The predicted octanol–water partition coefficient (Wildman–Crippen LogP) is 2.73. The van der Waals surface area contributed by atoms with Crippen LogP contribution >= 0.6 is 11.3 Å². The average Bonchev–Trinajstić information content (AvgIpc) is 3.02. The third-order valence-corrected chi connectivity index (χ3v) is 4.44. The molecule has 1 saturated carbocycles. The largest absolute Gasteiger partial charge is 0.339 e. The smallest absolute Gasteiger partial charge is 0.227 e. The molecule has 0 spiro atoms. The van der Waals surface area contributed by atoms with Gasteiger partial charge in [0.2, 0.25) is 5.89 Å². The minimum atomic E-state index is 0.0681. The number of ketones is 1. The van der Waals surface area contributed by atoms with Crippen LogP contribution in [0.1, 0.15) is 48.1 Å². The van der Waals surface area contributed by atoms with Crippen LogP contribution in [-0.4, -0.2) is 20.9 Å². The lowest BCUT2D eigenvalue weighted by molar-refractivity contribution is -0.124. The average molecular weight is 291 g/mol. The zero-order chi connectivity index (χ0) is 13.9. The summed E-state index contributed by atoms with van der Waals surface area (Å²) in [5.74, 6) is 1.63. The highest BCUT2D eigenvalue weighted by molar-refractivity contribution is 7.09. The summed E-state index contributed by atoms with van der Waals surface area (Å²) in [5, 5.41) is 7.03. The van der Waals surface area contributed by atoms with E-state index in [1.54, 1.807) is 11.3 Å². The minimum Gasteiger partial charge on any atom is -0.339 e. The van der Waals surface area contributed by atoms with Crippen LogP contribution in [0.4, 0.5) is 0 Å². The molecule has 1 atom stereocenters. The van der Waals surface area contributed by atoms with Crippen molar-refractivity contribution in [3.8, 4) is 0 Å². The standard InChI is InChI=1S/C14H17N3O2S/c1-9-15-11(8-20-9)7-13-16-14(19-17-13)6-10-4-2-3-5-12(10)18/h8,10H,2-7H2,1H3.